The van der Waals surface area contributed by atoms with Gasteiger partial charge in [-0.2, -0.15) is 13.1 Å². The Bertz CT molecular complexity index is 446. The van der Waals surface area contributed by atoms with Crippen molar-refractivity contribution in [3.8, 4) is 0 Å². The summed E-state index contributed by atoms with van der Waals surface area (Å²) in [5.74, 6) is 0. The molecule has 0 radical (unpaired) electrons. The third kappa shape index (κ3) is 5.59. The fourth-order valence-electron chi connectivity index (χ4n) is 1.57. The highest BCUT2D eigenvalue weighted by atomic mass is 32.2. The van der Waals surface area contributed by atoms with Gasteiger partial charge in [0.25, 0.3) is 10.2 Å². The zero-order valence-corrected chi connectivity index (χ0v) is 11.6. The third-order valence-corrected chi connectivity index (χ3v) is 3.73. The van der Waals surface area contributed by atoms with Crippen LogP contribution < -0.4 is 15.2 Å². The van der Waals surface area contributed by atoms with Gasteiger partial charge in [-0.1, -0.05) is 30.3 Å². The molecule has 0 fully saturated rings. The summed E-state index contributed by atoms with van der Waals surface area (Å²) in [6.45, 7) is 3.86. The SMILES string of the molecule is CC(C)NS(=O)(=O)NCCC(N)c1ccccc1. The predicted molar refractivity (Wildman–Crippen MR) is 73.2 cm³/mol. The Morgan fingerprint density at radius 2 is 1.83 bits per heavy atom. The number of benzene rings is 1. The van der Waals surface area contributed by atoms with Crippen LogP contribution in [-0.2, 0) is 10.2 Å². The summed E-state index contributed by atoms with van der Waals surface area (Å²) in [6, 6.07) is 9.35. The maximum absolute atomic E-state index is 11.5. The smallest absolute Gasteiger partial charge is 0.277 e. The van der Waals surface area contributed by atoms with E-state index in [1.807, 2.05) is 30.3 Å². The molecule has 0 aromatic heterocycles. The van der Waals surface area contributed by atoms with Crippen molar-refractivity contribution >= 4 is 10.2 Å². The highest BCUT2D eigenvalue weighted by molar-refractivity contribution is 7.87. The first-order valence-electron chi connectivity index (χ1n) is 5.98. The van der Waals surface area contributed by atoms with E-state index in [0.29, 0.717) is 13.0 Å². The Balaban J connectivity index is 2.38. The lowest BCUT2D eigenvalue weighted by atomic mass is 10.1. The first-order valence-corrected chi connectivity index (χ1v) is 7.46. The van der Waals surface area contributed by atoms with E-state index in [1.165, 1.54) is 0 Å². The molecule has 0 saturated heterocycles. The molecular weight excluding hydrogens is 250 g/mol. The van der Waals surface area contributed by atoms with Crippen molar-refractivity contribution in [1.82, 2.24) is 9.44 Å². The highest BCUT2D eigenvalue weighted by Gasteiger charge is 2.11. The molecule has 6 heteroatoms. The topological polar surface area (TPSA) is 84.2 Å². The fourth-order valence-corrected chi connectivity index (χ4v) is 2.66. The molecular formula is C12H21N3O2S. The second kappa shape index (κ2) is 6.84. The molecule has 0 heterocycles. The molecule has 0 spiro atoms. The van der Waals surface area contributed by atoms with E-state index in [9.17, 15) is 8.42 Å². The zero-order valence-electron chi connectivity index (χ0n) is 10.8. The van der Waals surface area contributed by atoms with Crippen LogP contribution in [0.3, 0.4) is 0 Å². The van der Waals surface area contributed by atoms with Crippen LogP contribution in [0.15, 0.2) is 30.3 Å². The van der Waals surface area contributed by atoms with Crippen molar-refractivity contribution < 1.29 is 8.42 Å². The van der Waals surface area contributed by atoms with Crippen LogP contribution >= 0.6 is 0 Å². The lowest BCUT2D eigenvalue weighted by Crippen LogP contribution is -2.41. The third-order valence-electron chi connectivity index (χ3n) is 2.37. The summed E-state index contributed by atoms with van der Waals surface area (Å²) in [6.07, 6.45) is 0.559. The van der Waals surface area contributed by atoms with Crippen molar-refractivity contribution in [2.75, 3.05) is 6.54 Å². The quantitative estimate of drug-likeness (QED) is 0.689. The molecule has 0 bridgehead atoms. The molecule has 18 heavy (non-hydrogen) atoms. The molecule has 1 aromatic rings. The van der Waals surface area contributed by atoms with Crippen LogP contribution in [0.1, 0.15) is 31.9 Å². The second-order valence-electron chi connectivity index (χ2n) is 4.48. The molecule has 0 amide bonds. The molecule has 1 atom stereocenters. The van der Waals surface area contributed by atoms with Crippen LogP contribution in [0, 0.1) is 0 Å². The Kier molecular flexibility index (Phi) is 5.74. The Morgan fingerprint density at radius 3 is 2.39 bits per heavy atom. The van der Waals surface area contributed by atoms with Gasteiger partial charge in [-0.3, -0.25) is 0 Å². The van der Waals surface area contributed by atoms with Gasteiger partial charge >= 0.3 is 0 Å². The van der Waals surface area contributed by atoms with E-state index in [2.05, 4.69) is 9.44 Å². The maximum atomic E-state index is 11.5. The van der Waals surface area contributed by atoms with Crippen molar-refractivity contribution in [1.29, 1.82) is 0 Å². The Morgan fingerprint density at radius 1 is 1.22 bits per heavy atom. The van der Waals surface area contributed by atoms with Crippen LogP contribution in [-0.4, -0.2) is 21.0 Å². The monoisotopic (exact) mass is 271 g/mol. The number of nitrogens with one attached hydrogen (secondary N) is 2. The van der Waals surface area contributed by atoms with E-state index in [1.54, 1.807) is 13.8 Å². The molecule has 0 saturated carbocycles. The summed E-state index contributed by atoms with van der Waals surface area (Å²) in [5, 5.41) is 0. The predicted octanol–water partition coefficient (Wildman–Crippen LogP) is 0.909. The lowest BCUT2D eigenvalue weighted by molar-refractivity contribution is 0.546. The van der Waals surface area contributed by atoms with Crippen molar-refractivity contribution in [2.45, 2.75) is 32.4 Å². The summed E-state index contributed by atoms with van der Waals surface area (Å²) < 4.78 is 27.9. The van der Waals surface area contributed by atoms with E-state index < -0.39 is 10.2 Å². The molecule has 0 aliphatic carbocycles. The molecule has 0 aliphatic heterocycles. The Labute approximate surface area is 109 Å². The summed E-state index contributed by atoms with van der Waals surface area (Å²) in [5.41, 5.74) is 6.98. The summed E-state index contributed by atoms with van der Waals surface area (Å²) in [4.78, 5) is 0. The van der Waals surface area contributed by atoms with E-state index in [-0.39, 0.29) is 12.1 Å². The number of hydrogen-bond acceptors (Lipinski definition) is 3. The van der Waals surface area contributed by atoms with Gasteiger partial charge in [0, 0.05) is 18.6 Å². The minimum atomic E-state index is -3.41. The Hall–Kier alpha value is -0.950. The van der Waals surface area contributed by atoms with Gasteiger partial charge in [-0.05, 0) is 25.8 Å². The van der Waals surface area contributed by atoms with Crippen LogP contribution in [0.5, 0.6) is 0 Å². The highest BCUT2D eigenvalue weighted by Crippen LogP contribution is 2.12. The average Bonchev–Trinajstić information content (AvgIpc) is 2.28. The van der Waals surface area contributed by atoms with Gasteiger partial charge < -0.3 is 5.73 Å². The maximum Gasteiger partial charge on any atom is 0.277 e. The molecule has 1 aromatic carbocycles. The van der Waals surface area contributed by atoms with E-state index in [0.717, 1.165) is 5.56 Å². The average molecular weight is 271 g/mol. The van der Waals surface area contributed by atoms with Crippen LogP contribution in [0.2, 0.25) is 0 Å². The number of nitrogens with two attached hydrogens (primary N) is 1. The second-order valence-corrected chi connectivity index (χ2v) is 6.01. The van der Waals surface area contributed by atoms with Crippen molar-refractivity contribution in [2.24, 2.45) is 5.73 Å². The normalized spacial score (nSPS) is 13.8. The largest absolute Gasteiger partial charge is 0.324 e. The zero-order chi connectivity index (χ0) is 13.6. The van der Waals surface area contributed by atoms with E-state index in [4.69, 9.17) is 5.73 Å². The minimum Gasteiger partial charge on any atom is -0.324 e. The molecule has 102 valence electrons. The molecule has 5 nitrogen and oxygen atoms in total. The first kappa shape index (κ1) is 15.1. The van der Waals surface area contributed by atoms with Crippen LogP contribution in [0.4, 0.5) is 0 Å². The molecule has 4 N–H and O–H groups in total. The van der Waals surface area contributed by atoms with Crippen molar-refractivity contribution in [3.63, 3.8) is 0 Å². The van der Waals surface area contributed by atoms with Gasteiger partial charge in [0.05, 0.1) is 0 Å². The number of rotatable bonds is 7. The summed E-state index contributed by atoms with van der Waals surface area (Å²) in [7, 11) is -3.41. The van der Waals surface area contributed by atoms with Gasteiger partial charge in [0.15, 0.2) is 0 Å². The lowest BCUT2D eigenvalue weighted by Gasteiger charge is -2.14. The number of hydrogen-bond donors (Lipinski definition) is 3. The molecule has 1 unspecified atom stereocenters. The molecule has 0 aliphatic rings. The standard InChI is InChI=1S/C12H21N3O2S/c1-10(2)15-18(16,17)14-9-8-12(13)11-6-4-3-5-7-11/h3-7,10,12,14-15H,8-9,13H2,1-2H3. The van der Waals surface area contributed by atoms with Gasteiger partial charge in [-0.15, -0.1) is 0 Å². The van der Waals surface area contributed by atoms with Gasteiger partial charge in [0.1, 0.15) is 0 Å². The first-order chi connectivity index (χ1) is 8.41. The van der Waals surface area contributed by atoms with Gasteiger partial charge in [0.2, 0.25) is 0 Å². The van der Waals surface area contributed by atoms with Gasteiger partial charge in [-0.25, -0.2) is 4.72 Å². The summed E-state index contributed by atoms with van der Waals surface area (Å²) >= 11 is 0. The van der Waals surface area contributed by atoms with E-state index >= 15 is 0 Å². The minimum absolute atomic E-state index is 0.120. The van der Waals surface area contributed by atoms with Crippen molar-refractivity contribution in [3.05, 3.63) is 35.9 Å². The van der Waals surface area contributed by atoms with Crippen LogP contribution in [0.25, 0.3) is 0 Å². The molecule has 1 rings (SSSR count). The fraction of sp³-hybridized carbons (Fsp3) is 0.500.